The molecule has 20 heavy (non-hydrogen) atoms. The Morgan fingerprint density at radius 1 is 1.40 bits per heavy atom. The van der Waals surface area contributed by atoms with Gasteiger partial charge >= 0.3 is 5.97 Å². The van der Waals surface area contributed by atoms with E-state index in [0.717, 1.165) is 18.6 Å². The van der Waals surface area contributed by atoms with Crippen molar-refractivity contribution >= 4 is 11.9 Å². The molecule has 0 spiro atoms. The number of amides is 1. The van der Waals surface area contributed by atoms with E-state index in [9.17, 15) is 9.59 Å². The first-order valence-electron chi connectivity index (χ1n) is 7.03. The lowest BCUT2D eigenvalue weighted by Crippen LogP contribution is -2.45. The molecular weight excluding hydrogens is 260 g/mol. The minimum atomic E-state index is -0.840. The molecule has 2 unspecified atom stereocenters. The summed E-state index contributed by atoms with van der Waals surface area (Å²) in [4.78, 5) is 25.1. The van der Waals surface area contributed by atoms with Crippen molar-refractivity contribution < 1.29 is 19.2 Å². The number of aromatic nitrogens is 1. The van der Waals surface area contributed by atoms with Crippen molar-refractivity contribution in [2.75, 3.05) is 13.1 Å². The number of nitrogens with zero attached hydrogens (tertiary/aromatic N) is 2. The van der Waals surface area contributed by atoms with Gasteiger partial charge in [0.15, 0.2) is 5.69 Å². The minimum Gasteiger partial charge on any atom is -0.481 e. The molecule has 1 saturated heterocycles. The predicted octanol–water partition coefficient (Wildman–Crippen LogP) is 1.73. The second-order valence-electron chi connectivity index (χ2n) is 5.97. The Morgan fingerprint density at radius 3 is 2.80 bits per heavy atom. The Morgan fingerprint density at radius 2 is 2.15 bits per heavy atom. The molecule has 2 atom stereocenters. The summed E-state index contributed by atoms with van der Waals surface area (Å²) in [5.41, 5.74) is 0.296. The molecule has 1 aliphatic carbocycles. The van der Waals surface area contributed by atoms with Crippen molar-refractivity contribution in [1.29, 1.82) is 0 Å². The van der Waals surface area contributed by atoms with Crippen molar-refractivity contribution in [2.24, 2.45) is 11.8 Å². The molecule has 1 aromatic rings. The third-order valence-electron chi connectivity index (χ3n) is 4.02. The lowest BCUT2D eigenvalue weighted by Gasteiger charge is -2.34. The fourth-order valence-electron chi connectivity index (χ4n) is 2.81. The number of carbonyl (C=O) groups is 2. The Balaban J connectivity index is 1.72. The van der Waals surface area contributed by atoms with E-state index in [1.807, 2.05) is 6.92 Å². The Bertz CT molecular complexity index is 535. The monoisotopic (exact) mass is 278 g/mol. The van der Waals surface area contributed by atoms with Gasteiger partial charge in [-0.1, -0.05) is 12.1 Å². The Kier molecular flexibility index (Phi) is 3.23. The van der Waals surface area contributed by atoms with Crippen LogP contribution >= 0.6 is 0 Å². The van der Waals surface area contributed by atoms with Crippen LogP contribution in [-0.4, -0.2) is 40.1 Å². The van der Waals surface area contributed by atoms with Crippen LogP contribution in [0.2, 0.25) is 0 Å². The molecule has 0 bridgehead atoms. The standard InChI is InChI=1S/C14H18N2O4/c1-8-4-10(14(18)19)7-16(6-8)13(17)11-5-12(20-15-11)9-2-3-9/h5,8-10H,2-4,6-7H2,1H3,(H,18,19). The summed E-state index contributed by atoms with van der Waals surface area (Å²) in [7, 11) is 0. The SMILES string of the molecule is CC1CC(C(=O)O)CN(C(=O)c2cc(C3CC3)on2)C1. The van der Waals surface area contributed by atoms with Crippen LogP contribution in [0, 0.1) is 11.8 Å². The average Bonchev–Trinajstić information content (AvgIpc) is 3.15. The van der Waals surface area contributed by atoms with Gasteiger partial charge in [0.25, 0.3) is 5.91 Å². The maximum Gasteiger partial charge on any atom is 0.308 e. The third kappa shape index (κ3) is 2.55. The van der Waals surface area contributed by atoms with E-state index in [1.165, 1.54) is 0 Å². The summed E-state index contributed by atoms with van der Waals surface area (Å²) in [6.45, 7) is 2.80. The number of rotatable bonds is 3. The van der Waals surface area contributed by atoms with Crippen LogP contribution in [0.1, 0.15) is 48.4 Å². The van der Waals surface area contributed by atoms with Crippen LogP contribution < -0.4 is 0 Å². The van der Waals surface area contributed by atoms with E-state index >= 15 is 0 Å². The molecule has 108 valence electrons. The lowest BCUT2D eigenvalue weighted by molar-refractivity contribution is -0.143. The molecule has 2 aliphatic rings. The minimum absolute atomic E-state index is 0.184. The number of hydrogen-bond donors (Lipinski definition) is 1. The number of hydrogen-bond acceptors (Lipinski definition) is 4. The zero-order valence-electron chi connectivity index (χ0n) is 11.4. The first-order chi connectivity index (χ1) is 9.54. The van der Waals surface area contributed by atoms with Gasteiger partial charge in [0.2, 0.25) is 0 Å². The number of likely N-dealkylation sites (tertiary alicyclic amines) is 1. The normalized spacial score (nSPS) is 26.6. The Hall–Kier alpha value is -1.85. The molecular formula is C14H18N2O4. The quantitative estimate of drug-likeness (QED) is 0.910. The van der Waals surface area contributed by atoms with E-state index in [0.29, 0.717) is 24.6 Å². The molecule has 1 aromatic heterocycles. The van der Waals surface area contributed by atoms with E-state index in [4.69, 9.17) is 9.63 Å². The maximum absolute atomic E-state index is 12.4. The van der Waals surface area contributed by atoms with Crippen LogP contribution in [-0.2, 0) is 4.79 Å². The van der Waals surface area contributed by atoms with Gasteiger partial charge < -0.3 is 14.5 Å². The fraction of sp³-hybridized carbons (Fsp3) is 0.643. The molecule has 3 rings (SSSR count). The second-order valence-corrected chi connectivity index (χ2v) is 5.97. The predicted molar refractivity (Wildman–Crippen MR) is 69.3 cm³/mol. The van der Waals surface area contributed by atoms with Gasteiger partial charge in [-0.15, -0.1) is 0 Å². The fourth-order valence-corrected chi connectivity index (χ4v) is 2.81. The molecule has 0 aromatic carbocycles. The smallest absolute Gasteiger partial charge is 0.308 e. The summed E-state index contributed by atoms with van der Waals surface area (Å²) in [5.74, 6) is -0.183. The summed E-state index contributed by atoms with van der Waals surface area (Å²) in [6, 6.07) is 1.70. The molecule has 0 radical (unpaired) electrons. The van der Waals surface area contributed by atoms with Crippen LogP contribution in [0.15, 0.2) is 10.6 Å². The van der Waals surface area contributed by atoms with E-state index in [-0.39, 0.29) is 18.4 Å². The van der Waals surface area contributed by atoms with Crippen LogP contribution in [0.25, 0.3) is 0 Å². The van der Waals surface area contributed by atoms with Crippen molar-refractivity contribution in [3.63, 3.8) is 0 Å². The third-order valence-corrected chi connectivity index (χ3v) is 4.02. The number of carbonyl (C=O) groups excluding carboxylic acids is 1. The molecule has 2 fully saturated rings. The summed E-state index contributed by atoms with van der Waals surface area (Å²) in [5, 5.41) is 13.0. The highest BCUT2D eigenvalue weighted by Crippen LogP contribution is 2.40. The summed E-state index contributed by atoms with van der Waals surface area (Å²) in [6.07, 6.45) is 2.79. The molecule has 1 amide bonds. The van der Waals surface area contributed by atoms with Crippen molar-refractivity contribution in [2.45, 2.75) is 32.1 Å². The van der Waals surface area contributed by atoms with Crippen LogP contribution in [0.4, 0.5) is 0 Å². The highest BCUT2D eigenvalue weighted by molar-refractivity contribution is 5.92. The molecule has 6 nitrogen and oxygen atoms in total. The molecule has 6 heteroatoms. The molecule has 1 N–H and O–H groups in total. The molecule has 1 aliphatic heterocycles. The van der Waals surface area contributed by atoms with Crippen LogP contribution in [0.3, 0.4) is 0 Å². The van der Waals surface area contributed by atoms with Gasteiger partial charge in [0, 0.05) is 25.1 Å². The number of carboxylic acid groups (broad SMARTS) is 1. The lowest BCUT2D eigenvalue weighted by atomic mass is 9.90. The van der Waals surface area contributed by atoms with E-state index < -0.39 is 11.9 Å². The number of carboxylic acids is 1. The van der Waals surface area contributed by atoms with Crippen molar-refractivity contribution in [3.8, 4) is 0 Å². The van der Waals surface area contributed by atoms with Gasteiger partial charge in [-0.2, -0.15) is 0 Å². The highest BCUT2D eigenvalue weighted by Gasteiger charge is 2.34. The Labute approximate surface area is 116 Å². The first kappa shape index (κ1) is 13.1. The molecule has 2 heterocycles. The number of piperidine rings is 1. The largest absolute Gasteiger partial charge is 0.481 e. The molecule has 1 saturated carbocycles. The second kappa shape index (κ2) is 4.92. The maximum atomic E-state index is 12.4. The van der Waals surface area contributed by atoms with Gasteiger partial charge in [-0.3, -0.25) is 9.59 Å². The van der Waals surface area contributed by atoms with E-state index in [1.54, 1.807) is 11.0 Å². The first-order valence-corrected chi connectivity index (χ1v) is 7.03. The zero-order chi connectivity index (χ0) is 14.3. The van der Waals surface area contributed by atoms with Gasteiger partial charge in [-0.05, 0) is 25.2 Å². The van der Waals surface area contributed by atoms with Crippen LogP contribution in [0.5, 0.6) is 0 Å². The van der Waals surface area contributed by atoms with Gasteiger partial charge in [0.05, 0.1) is 5.92 Å². The summed E-state index contributed by atoms with van der Waals surface area (Å²) < 4.78 is 5.19. The van der Waals surface area contributed by atoms with Gasteiger partial charge in [-0.25, -0.2) is 0 Å². The highest BCUT2D eigenvalue weighted by atomic mass is 16.5. The topological polar surface area (TPSA) is 83.6 Å². The van der Waals surface area contributed by atoms with Crippen molar-refractivity contribution in [3.05, 3.63) is 17.5 Å². The van der Waals surface area contributed by atoms with Gasteiger partial charge in [0.1, 0.15) is 5.76 Å². The average molecular weight is 278 g/mol. The van der Waals surface area contributed by atoms with E-state index in [2.05, 4.69) is 5.16 Å². The van der Waals surface area contributed by atoms with Crippen molar-refractivity contribution in [1.82, 2.24) is 10.1 Å². The summed E-state index contributed by atoms with van der Waals surface area (Å²) >= 11 is 0. The zero-order valence-corrected chi connectivity index (χ0v) is 11.4. The number of aliphatic carboxylic acids is 1.